The number of ether oxygens (including phenoxy) is 1. The van der Waals surface area contributed by atoms with E-state index in [2.05, 4.69) is 26.4 Å². The Hall–Kier alpha value is -2.74. The van der Waals surface area contributed by atoms with Gasteiger partial charge in [0.1, 0.15) is 11.9 Å². The van der Waals surface area contributed by atoms with Crippen molar-refractivity contribution >= 4 is 21.7 Å². The summed E-state index contributed by atoms with van der Waals surface area (Å²) in [5, 5.41) is 6.52. The molecule has 2 aromatic rings. The summed E-state index contributed by atoms with van der Waals surface area (Å²) in [4.78, 5) is 4.59. The lowest BCUT2D eigenvalue weighted by molar-refractivity contribution is 0.235. The van der Waals surface area contributed by atoms with Crippen LogP contribution in [0.4, 0.5) is 5.69 Å². The lowest BCUT2D eigenvalue weighted by Gasteiger charge is -2.16. The van der Waals surface area contributed by atoms with Gasteiger partial charge in [-0.1, -0.05) is 36.4 Å². The average Bonchev–Trinajstić information content (AvgIpc) is 3.07. The Balaban J connectivity index is 1.62. The van der Waals surface area contributed by atoms with Gasteiger partial charge in [-0.3, -0.25) is 4.72 Å². The van der Waals surface area contributed by atoms with Crippen molar-refractivity contribution in [3.8, 4) is 5.75 Å². The van der Waals surface area contributed by atoms with Crippen molar-refractivity contribution < 1.29 is 13.2 Å². The lowest BCUT2D eigenvalue weighted by Crippen LogP contribution is -2.42. The highest BCUT2D eigenvalue weighted by molar-refractivity contribution is 7.92. The predicted octanol–water partition coefficient (Wildman–Crippen LogP) is 2.12. The molecule has 0 aliphatic carbocycles. The molecule has 8 heteroatoms. The van der Waals surface area contributed by atoms with Crippen molar-refractivity contribution in [1.82, 2.24) is 10.6 Å². The third-order valence-electron chi connectivity index (χ3n) is 4.28. The zero-order valence-electron chi connectivity index (χ0n) is 16.1. The van der Waals surface area contributed by atoms with Gasteiger partial charge in [0.25, 0.3) is 0 Å². The van der Waals surface area contributed by atoms with Crippen LogP contribution in [0.25, 0.3) is 0 Å². The second-order valence-electron chi connectivity index (χ2n) is 6.66. The Bertz CT molecular complexity index is 919. The zero-order valence-corrected chi connectivity index (χ0v) is 16.9. The molecule has 1 aliphatic heterocycles. The number of hydrogen-bond acceptors (Lipinski definition) is 4. The van der Waals surface area contributed by atoms with Gasteiger partial charge >= 0.3 is 0 Å². The van der Waals surface area contributed by atoms with Crippen molar-refractivity contribution in [3.63, 3.8) is 0 Å². The van der Waals surface area contributed by atoms with Gasteiger partial charge in [0.05, 0.1) is 25.0 Å². The number of nitrogens with one attached hydrogen (secondary N) is 3. The number of nitrogens with zero attached hydrogens (tertiary/aromatic N) is 1. The minimum atomic E-state index is -3.34. The van der Waals surface area contributed by atoms with Crippen LogP contribution in [0, 0.1) is 0 Å². The van der Waals surface area contributed by atoms with E-state index in [1.54, 1.807) is 12.1 Å². The van der Waals surface area contributed by atoms with Gasteiger partial charge in [-0.2, -0.15) is 0 Å². The summed E-state index contributed by atoms with van der Waals surface area (Å²) in [5.74, 6) is 1.60. The Morgan fingerprint density at radius 2 is 1.89 bits per heavy atom. The topological polar surface area (TPSA) is 91.8 Å². The van der Waals surface area contributed by atoms with Crippen LogP contribution < -0.4 is 20.1 Å². The molecule has 1 aliphatic rings. The molecule has 0 amide bonds. The average molecular weight is 403 g/mol. The van der Waals surface area contributed by atoms with Gasteiger partial charge in [-0.25, -0.2) is 13.4 Å². The summed E-state index contributed by atoms with van der Waals surface area (Å²) in [5.41, 5.74) is 2.56. The summed E-state index contributed by atoms with van der Waals surface area (Å²) in [6.07, 6.45) is 2.06. The number of hydrogen-bond donors (Lipinski definition) is 3. The number of benzene rings is 2. The molecule has 1 unspecified atom stereocenters. The zero-order chi connectivity index (χ0) is 20.0. The standard InChI is InChI=1S/C20H26N4O3S/c1-3-21-20(23-14-17-12-15-8-5-7-11-19(15)27-17)22-13-16-9-4-6-10-18(16)24-28(2,25)26/h4-11,17,24H,3,12-14H2,1-2H3,(H2,21,22,23). The Morgan fingerprint density at radius 1 is 1.14 bits per heavy atom. The molecule has 1 atom stereocenters. The SMILES string of the molecule is CCNC(=NCc1ccccc1NS(C)(=O)=O)NCC1Cc2ccccc2O1. The smallest absolute Gasteiger partial charge is 0.229 e. The van der Waals surface area contributed by atoms with E-state index in [0.717, 1.165) is 30.5 Å². The number of rotatable bonds is 7. The Labute approximate surface area is 166 Å². The number of aliphatic imine (C=N–C) groups is 1. The highest BCUT2D eigenvalue weighted by atomic mass is 32.2. The van der Waals surface area contributed by atoms with Gasteiger partial charge in [-0.05, 0) is 30.2 Å². The first-order valence-corrected chi connectivity index (χ1v) is 11.2. The molecule has 0 bridgehead atoms. The number of anilines is 1. The van der Waals surface area contributed by atoms with E-state index >= 15 is 0 Å². The minimum Gasteiger partial charge on any atom is -0.488 e. The quantitative estimate of drug-likeness (QED) is 0.487. The molecule has 1 heterocycles. The van der Waals surface area contributed by atoms with Gasteiger partial charge in [0.2, 0.25) is 10.0 Å². The van der Waals surface area contributed by atoms with E-state index in [-0.39, 0.29) is 6.10 Å². The van der Waals surface area contributed by atoms with Crippen LogP contribution in [-0.4, -0.2) is 39.8 Å². The summed E-state index contributed by atoms with van der Waals surface area (Å²) in [6.45, 7) is 3.70. The third kappa shape index (κ3) is 5.63. The number of guanidine groups is 1. The molecular formula is C20H26N4O3S. The van der Waals surface area contributed by atoms with E-state index in [1.807, 2.05) is 37.3 Å². The van der Waals surface area contributed by atoms with Crippen molar-refractivity contribution in [2.24, 2.45) is 4.99 Å². The van der Waals surface area contributed by atoms with Crippen molar-refractivity contribution in [1.29, 1.82) is 0 Å². The van der Waals surface area contributed by atoms with Crippen LogP contribution in [0.1, 0.15) is 18.1 Å². The molecule has 150 valence electrons. The van der Waals surface area contributed by atoms with Crippen molar-refractivity contribution in [2.45, 2.75) is 26.0 Å². The highest BCUT2D eigenvalue weighted by Crippen LogP contribution is 2.27. The highest BCUT2D eigenvalue weighted by Gasteiger charge is 2.22. The molecule has 0 radical (unpaired) electrons. The first-order valence-electron chi connectivity index (χ1n) is 9.27. The molecule has 0 fully saturated rings. The van der Waals surface area contributed by atoms with Gasteiger partial charge in [0.15, 0.2) is 5.96 Å². The molecule has 7 nitrogen and oxygen atoms in total. The molecular weight excluding hydrogens is 376 g/mol. The van der Waals surface area contributed by atoms with E-state index in [1.165, 1.54) is 5.56 Å². The third-order valence-corrected chi connectivity index (χ3v) is 4.87. The van der Waals surface area contributed by atoms with Gasteiger partial charge in [0, 0.05) is 13.0 Å². The van der Waals surface area contributed by atoms with Crippen LogP contribution in [0.2, 0.25) is 0 Å². The molecule has 0 spiro atoms. The Kier molecular flexibility index (Phi) is 6.41. The Morgan fingerprint density at radius 3 is 2.64 bits per heavy atom. The van der Waals surface area contributed by atoms with Crippen LogP contribution in [-0.2, 0) is 23.0 Å². The molecule has 3 N–H and O–H groups in total. The molecule has 28 heavy (non-hydrogen) atoms. The van der Waals surface area contributed by atoms with Gasteiger partial charge < -0.3 is 15.4 Å². The summed E-state index contributed by atoms with van der Waals surface area (Å²) in [7, 11) is -3.34. The second-order valence-corrected chi connectivity index (χ2v) is 8.41. The monoisotopic (exact) mass is 402 g/mol. The second kappa shape index (κ2) is 8.97. The molecule has 2 aromatic carbocycles. The van der Waals surface area contributed by atoms with Crippen LogP contribution in [0.15, 0.2) is 53.5 Å². The maximum Gasteiger partial charge on any atom is 0.229 e. The van der Waals surface area contributed by atoms with Crippen LogP contribution in [0.3, 0.4) is 0 Å². The van der Waals surface area contributed by atoms with E-state index in [4.69, 9.17) is 4.74 Å². The fourth-order valence-electron chi connectivity index (χ4n) is 3.04. The minimum absolute atomic E-state index is 0.0560. The number of para-hydroxylation sites is 2. The molecule has 0 aromatic heterocycles. The fraction of sp³-hybridized carbons (Fsp3) is 0.350. The maximum absolute atomic E-state index is 11.6. The maximum atomic E-state index is 11.6. The van der Waals surface area contributed by atoms with E-state index in [9.17, 15) is 8.42 Å². The lowest BCUT2D eigenvalue weighted by atomic mass is 10.1. The van der Waals surface area contributed by atoms with Crippen molar-refractivity contribution in [2.75, 3.05) is 24.1 Å². The van der Waals surface area contributed by atoms with E-state index in [0.29, 0.717) is 24.7 Å². The fourth-order valence-corrected chi connectivity index (χ4v) is 3.64. The van der Waals surface area contributed by atoms with Crippen LogP contribution >= 0.6 is 0 Å². The van der Waals surface area contributed by atoms with Crippen LogP contribution in [0.5, 0.6) is 5.75 Å². The first kappa shape index (κ1) is 20.0. The summed E-state index contributed by atoms with van der Waals surface area (Å²) in [6, 6.07) is 15.3. The number of sulfonamides is 1. The van der Waals surface area contributed by atoms with Crippen molar-refractivity contribution in [3.05, 3.63) is 59.7 Å². The summed E-state index contributed by atoms with van der Waals surface area (Å²) < 4.78 is 31.6. The molecule has 3 rings (SSSR count). The largest absolute Gasteiger partial charge is 0.488 e. The van der Waals surface area contributed by atoms with Gasteiger partial charge in [-0.15, -0.1) is 0 Å². The number of fused-ring (bicyclic) bond motifs is 1. The predicted molar refractivity (Wildman–Crippen MR) is 112 cm³/mol. The molecule has 0 saturated carbocycles. The molecule has 0 saturated heterocycles. The normalized spacial score (nSPS) is 16.2. The first-order chi connectivity index (χ1) is 13.4. The summed E-state index contributed by atoms with van der Waals surface area (Å²) >= 11 is 0. The van der Waals surface area contributed by atoms with E-state index < -0.39 is 10.0 Å².